The summed E-state index contributed by atoms with van der Waals surface area (Å²) in [5.41, 5.74) is 1.02. The number of benzene rings is 1. The molecule has 108 valence electrons. The van der Waals surface area contributed by atoms with Crippen molar-refractivity contribution in [2.45, 2.75) is 45.3 Å². The molecule has 4 unspecified atom stereocenters. The van der Waals surface area contributed by atoms with Crippen molar-refractivity contribution in [3.8, 4) is 0 Å². The zero-order valence-electron chi connectivity index (χ0n) is 12.0. The first kappa shape index (κ1) is 13.5. The zero-order valence-corrected chi connectivity index (χ0v) is 12.0. The third-order valence-corrected chi connectivity index (χ3v) is 4.99. The van der Waals surface area contributed by atoms with Crippen molar-refractivity contribution in [1.82, 2.24) is 5.32 Å². The number of hydrogen-bond donors (Lipinski definition) is 1. The monoisotopic (exact) mass is 273 g/mol. The predicted octanol–water partition coefficient (Wildman–Crippen LogP) is 3.74. The Kier molecular flexibility index (Phi) is 3.95. The average molecular weight is 273 g/mol. The molecule has 4 atom stereocenters. The summed E-state index contributed by atoms with van der Waals surface area (Å²) < 4.78 is 5.29. The van der Waals surface area contributed by atoms with Gasteiger partial charge < -0.3 is 10.1 Å². The standard InChI is InChI=1S/C17H23NO2/c1-12(16-10-14-7-8-15(16)9-14)18-17(19)20-11-13-5-3-2-4-6-13/h2-6,12,14-16H,7-11H2,1H3,(H,18,19). The second-order valence-electron chi connectivity index (χ2n) is 6.33. The summed E-state index contributed by atoms with van der Waals surface area (Å²) in [5.74, 6) is 2.39. The zero-order chi connectivity index (χ0) is 13.9. The van der Waals surface area contributed by atoms with Gasteiger partial charge in [-0.25, -0.2) is 4.79 Å². The summed E-state index contributed by atoms with van der Waals surface area (Å²) in [5, 5.41) is 3.02. The molecule has 1 amide bonds. The third-order valence-electron chi connectivity index (χ3n) is 4.99. The Balaban J connectivity index is 1.44. The largest absolute Gasteiger partial charge is 0.445 e. The van der Waals surface area contributed by atoms with Crippen LogP contribution in [0.4, 0.5) is 4.79 Å². The normalized spacial score (nSPS) is 29.1. The van der Waals surface area contributed by atoms with Gasteiger partial charge in [0.2, 0.25) is 0 Å². The lowest BCUT2D eigenvalue weighted by Gasteiger charge is -2.28. The van der Waals surface area contributed by atoms with Crippen molar-refractivity contribution >= 4 is 6.09 Å². The van der Waals surface area contributed by atoms with Crippen LogP contribution in [0, 0.1) is 17.8 Å². The van der Waals surface area contributed by atoms with Crippen molar-refractivity contribution in [2.24, 2.45) is 17.8 Å². The van der Waals surface area contributed by atoms with E-state index in [-0.39, 0.29) is 12.1 Å². The molecule has 2 fully saturated rings. The fraction of sp³-hybridized carbons (Fsp3) is 0.588. The number of alkyl carbamates (subject to hydrolysis) is 1. The smallest absolute Gasteiger partial charge is 0.407 e. The van der Waals surface area contributed by atoms with E-state index in [9.17, 15) is 4.79 Å². The Morgan fingerprint density at radius 3 is 2.75 bits per heavy atom. The molecule has 2 aliphatic rings. The summed E-state index contributed by atoms with van der Waals surface area (Å²) >= 11 is 0. The number of amides is 1. The van der Waals surface area contributed by atoms with Crippen LogP contribution in [-0.4, -0.2) is 12.1 Å². The maximum Gasteiger partial charge on any atom is 0.407 e. The second-order valence-corrected chi connectivity index (χ2v) is 6.33. The van der Waals surface area contributed by atoms with E-state index in [0.29, 0.717) is 12.5 Å². The topological polar surface area (TPSA) is 38.3 Å². The molecule has 1 N–H and O–H groups in total. The fourth-order valence-corrected chi connectivity index (χ4v) is 3.96. The first-order valence-electron chi connectivity index (χ1n) is 7.69. The van der Waals surface area contributed by atoms with Gasteiger partial charge in [-0.2, -0.15) is 0 Å². The molecule has 3 nitrogen and oxygen atoms in total. The highest BCUT2D eigenvalue weighted by molar-refractivity contribution is 5.67. The molecular weight excluding hydrogens is 250 g/mol. The molecule has 20 heavy (non-hydrogen) atoms. The predicted molar refractivity (Wildman–Crippen MR) is 78.2 cm³/mol. The van der Waals surface area contributed by atoms with Crippen LogP contribution in [0.1, 0.15) is 38.2 Å². The molecule has 3 heteroatoms. The highest BCUT2D eigenvalue weighted by Gasteiger charge is 2.42. The molecular formula is C17H23NO2. The Labute approximate surface area is 120 Å². The maximum atomic E-state index is 11.9. The van der Waals surface area contributed by atoms with Crippen molar-refractivity contribution in [1.29, 1.82) is 0 Å². The lowest BCUT2D eigenvalue weighted by molar-refractivity contribution is 0.129. The van der Waals surface area contributed by atoms with E-state index in [1.165, 1.54) is 25.7 Å². The van der Waals surface area contributed by atoms with Crippen LogP contribution in [0.5, 0.6) is 0 Å². The molecule has 0 heterocycles. The number of carbonyl (C=O) groups is 1. The number of fused-ring (bicyclic) bond motifs is 2. The third kappa shape index (κ3) is 2.97. The van der Waals surface area contributed by atoms with Gasteiger partial charge in [0.05, 0.1) is 0 Å². The highest BCUT2D eigenvalue weighted by atomic mass is 16.5. The SMILES string of the molecule is CC(NC(=O)OCc1ccccc1)C1CC2CCC1C2. The van der Waals surface area contributed by atoms with Gasteiger partial charge >= 0.3 is 6.09 Å². The Morgan fingerprint density at radius 2 is 2.10 bits per heavy atom. The van der Waals surface area contributed by atoms with E-state index in [1.54, 1.807) is 0 Å². The van der Waals surface area contributed by atoms with E-state index in [4.69, 9.17) is 4.74 Å². The van der Waals surface area contributed by atoms with Gasteiger partial charge in [0.1, 0.15) is 6.61 Å². The molecule has 0 radical (unpaired) electrons. The van der Waals surface area contributed by atoms with Crippen LogP contribution in [0.2, 0.25) is 0 Å². The van der Waals surface area contributed by atoms with Gasteiger partial charge in [-0.15, -0.1) is 0 Å². The Morgan fingerprint density at radius 1 is 1.30 bits per heavy atom. The minimum Gasteiger partial charge on any atom is -0.445 e. The van der Waals surface area contributed by atoms with Gasteiger partial charge in [-0.1, -0.05) is 36.8 Å². The second kappa shape index (κ2) is 5.86. The first-order chi connectivity index (χ1) is 9.72. The molecule has 2 saturated carbocycles. The maximum absolute atomic E-state index is 11.9. The van der Waals surface area contributed by atoms with Crippen LogP contribution in [0.25, 0.3) is 0 Å². The Hall–Kier alpha value is -1.51. The summed E-state index contributed by atoms with van der Waals surface area (Å²) in [6.45, 7) is 2.46. The van der Waals surface area contributed by atoms with E-state index in [0.717, 1.165) is 17.4 Å². The molecule has 2 aliphatic carbocycles. The lowest BCUT2D eigenvalue weighted by atomic mass is 9.84. The van der Waals surface area contributed by atoms with Gasteiger partial charge in [-0.3, -0.25) is 0 Å². The lowest BCUT2D eigenvalue weighted by Crippen LogP contribution is -2.40. The quantitative estimate of drug-likeness (QED) is 0.907. The molecule has 0 spiro atoms. The molecule has 1 aromatic rings. The Bertz CT molecular complexity index is 459. The fourth-order valence-electron chi connectivity index (χ4n) is 3.96. The number of carbonyl (C=O) groups excluding carboxylic acids is 1. The number of rotatable bonds is 4. The number of ether oxygens (including phenoxy) is 1. The van der Waals surface area contributed by atoms with Crippen molar-refractivity contribution in [3.63, 3.8) is 0 Å². The van der Waals surface area contributed by atoms with Crippen LogP contribution in [-0.2, 0) is 11.3 Å². The van der Waals surface area contributed by atoms with Crippen LogP contribution in [0.15, 0.2) is 30.3 Å². The molecule has 3 rings (SSSR count). The van der Waals surface area contributed by atoms with Gasteiger partial charge in [-0.05, 0) is 49.5 Å². The van der Waals surface area contributed by atoms with Gasteiger partial charge in [0.25, 0.3) is 0 Å². The first-order valence-corrected chi connectivity index (χ1v) is 7.69. The average Bonchev–Trinajstić information content (AvgIpc) is 3.09. The van der Waals surface area contributed by atoms with E-state index < -0.39 is 0 Å². The van der Waals surface area contributed by atoms with Gasteiger partial charge in [0.15, 0.2) is 0 Å². The van der Waals surface area contributed by atoms with E-state index >= 15 is 0 Å². The van der Waals surface area contributed by atoms with Crippen LogP contribution in [0.3, 0.4) is 0 Å². The van der Waals surface area contributed by atoms with E-state index in [1.807, 2.05) is 30.3 Å². The van der Waals surface area contributed by atoms with Gasteiger partial charge in [0, 0.05) is 6.04 Å². The van der Waals surface area contributed by atoms with Crippen molar-refractivity contribution < 1.29 is 9.53 Å². The summed E-state index contributed by atoms with van der Waals surface area (Å²) in [6, 6.07) is 10.0. The van der Waals surface area contributed by atoms with Crippen molar-refractivity contribution in [2.75, 3.05) is 0 Å². The molecule has 0 saturated heterocycles. The number of hydrogen-bond acceptors (Lipinski definition) is 2. The molecule has 2 bridgehead atoms. The summed E-state index contributed by atoms with van der Waals surface area (Å²) in [6.07, 6.45) is 5.11. The molecule has 1 aromatic carbocycles. The van der Waals surface area contributed by atoms with E-state index in [2.05, 4.69) is 12.2 Å². The summed E-state index contributed by atoms with van der Waals surface area (Å²) in [4.78, 5) is 11.9. The highest BCUT2D eigenvalue weighted by Crippen LogP contribution is 2.49. The van der Waals surface area contributed by atoms with Crippen LogP contribution >= 0.6 is 0 Å². The minimum absolute atomic E-state index is 0.230. The minimum atomic E-state index is -0.288. The summed E-state index contributed by atoms with van der Waals surface area (Å²) in [7, 11) is 0. The van der Waals surface area contributed by atoms with Crippen LogP contribution < -0.4 is 5.32 Å². The molecule has 0 aromatic heterocycles. The number of nitrogens with one attached hydrogen (secondary N) is 1. The molecule has 0 aliphatic heterocycles. The van der Waals surface area contributed by atoms with Crippen molar-refractivity contribution in [3.05, 3.63) is 35.9 Å².